The molecule has 1 rings (SSSR count). The molecule has 0 bridgehead atoms. The third-order valence-electron chi connectivity index (χ3n) is 2.94. The van der Waals surface area contributed by atoms with Gasteiger partial charge in [-0.1, -0.05) is 12.1 Å². The summed E-state index contributed by atoms with van der Waals surface area (Å²) in [6.45, 7) is 1.39. The van der Waals surface area contributed by atoms with Gasteiger partial charge in [-0.3, -0.25) is 9.10 Å². The van der Waals surface area contributed by atoms with E-state index in [4.69, 9.17) is 0 Å². The maximum Gasteiger partial charge on any atom is 0.232 e. The molecule has 1 amide bonds. The molecule has 0 atom stereocenters. The summed E-state index contributed by atoms with van der Waals surface area (Å²) < 4.78 is 25.8. The first kappa shape index (κ1) is 18.9. The number of nitrogens with one attached hydrogen (secondary N) is 1. The van der Waals surface area contributed by atoms with E-state index in [1.165, 1.54) is 4.31 Å². The van der Waals surface area contributed by atoms with Crippen LogP contribution in [0.2, 0.25) is 0 Å². The number of sulfonamides is 1. The van der Waals surface area contributed by atoms with E-state index >= 15 is 0 Å². The summed E-state index contributed by atoms with van der Waals surface area (Å²) >= 11 is 3.34. The summed E-state index contributed by atoms with van der Waals surface area (Å²) in [6, 6.07) is 7.04. The van der Waals surface area contributed by atoms with Gasteiger partial charge in [0.25, 0.3) is 0 Å². The quantitative estimate of drug-likeness (QED) is 0.724. The molecule has 0 unspecified atom stereocenters. The van der Waals surface area contributed by atoms with Crippen LogP contribution < -0.4 is 9.62 Å². The Kier molecular flexibility index (Phi) is 7.31. The van der Waals surface area contributed by atoms with Gasteiger partial charge in [-0.15, -0.1) is 0 Å². The number of hydrogen-bond donors (Lipinski definition) is 1. The molecule has 0 saturated carbocycles. The highest BCUT2D eigenvalue weighted by Crippen LogP contribution is 2.27. The van der Waals surface area contributed by atoms with Gasteiger partial charge in [0.1, 0.15) is 0 Å². The summed E-state index contributed by atoms with van der Waals surface area (Å²) in [5.74, 6) is -0.164. The van der Waals surface area contributed by atoms with Crippen molar-refractivity contribution in [3.8, 4) is 0 Å². The molecule has 0 aromatic heterocycles. The monoisotopic (exact) mass is 391 g/mol. The number of carbonyl (C=O) groups is 1. The van der Waals surface area contributed by atoms with Crippen LogP contribution in [-0.4, -0.2) is 59.2 Å². The second kappa shape index (κ2) is 8.50. The summed E-state index contributed by atoms with van der Waals surface area (Å²) in [5, 5.41) is 2.77. The number of hydrogen-bond acceptors (Lipinski definition) is 4. The summed E-state index contributed by atoms with van der Waals surface area (Å²) in [4.78, 5) is 13.8. The third kappa shape index (κ3) is 6.33. The van der Waals surface area contributed by atoms with Gasteiger partial charge in [-0.05, 0) is 42.2 Å². The van der Waals surface area contributed by atoms with Crippen LogP contribution in [0.1, 0.15) is 6.42 Å². The molecule has 0 aliphatic heterocycles. The zero-order valence-corrected chi connectivity index (χ0v) is 15.4. The fourth-order valence-corrected chi connectivity index (χ4v) is 3.38. The van der Waals surface area contributed by atoms with Crippen LogP contribution in [0.25, 0.3) is 0 Å². The first-order valence-electron chi connectivity index (χ1n) is 6.85. The first-order chi connectivity index (χ1) is 10.2. The molecule has 0 aliphatic carbocycles. The van der Waals surface area contributed by atoms with Crippen molar-refractivity contribution in [3.63, 3.8) is 0 Å². The molecule has 1 aromatic rings. The van der Waals surface area contributed by atoms with E-state index < -0.39 is 10.0 Å². The molecular weight excluding hydrogens is 370 g/mol. The van der Waals surface area contributed by atoms with Gasteiger partial charge < -0.3 is 10.2 Å². The van der Waals surface area contributed by atoms with Crippen molar-refractivity contribution in [2.75, 3.05) is 44.3 Å². The molecule has 6 nitrogen and oxygen atoms in total. The van der Waals surface area contributed by atoms with E-state index in [9.17, 15) is 13.2 Å². The number of halogens is 1. The summed E-state index contributed by atoms with van der Waals surface area (Å²) in [5.41, 5.74) is 0.533. The van der Waals surface area contributed by atoms with Gasteiger partial charge >= 0.3 is 0 Å². The van der Waals surface area contributed by atoms with Crippen LogP contribution >= 0.6 is 15.9 Å². The Hall–Kier alpha value is -1.12. The minimum Gasteiger partial charge on any atom is -0.355 e. The van der Waals surface area contributed by atoms with Gasteiger partial charge in [-0.2, -0.15) is 0 Å². The van der Waals surface area contributed by atoms with Crippen LogP contribution in [0.3, 0.4) is 0 Å². The number of likely N-dealkylation sites (N-methyl/N-ethyl adjacent to an activating group) is 1. The Morgan fingerprint density at radius 3 is 2.41 bits per heavy atom. The van der Waals surface area contributed by atoms with Gasteiger partial charge in [0.15, 0.2) is 0 Å². The number of rotatable bonds is 8. The zero-order chi connectivity index (χ0) is 16.8. The lowest BCUT2D eigenvalue weighted by molar-refractivity contribution is -0.120. The normalized spacial score (nSPS) is 11.5. The number of carbonyl (C=O) groups excluding carboxylic acids is 1. The highest BCUT2D eigenvalue weighted by molar-refractivity contribution is 9.10. The number of anilines is 1. The summed E-state index contributed by atoms with van der Waals surface area (Å²) in [6.07, 6.45) is 1.25. The Morgan fingerprint density at radius 1 is 1.23 bits per heavy atom. The van der Waals surface area contributed by atoms with Gasteiger partial charge in [0.2, 0.25) is 15.9 Å². The number of amides is 1. The van der Waals surface area contributed by atoms with E-state index in [2.05, 4.69) is 21.2 Å². The predicted molar refractivity (Wildman–Crippen MR) is 92.5 cm³/mol. The minimum absolute atomic E-state index is 0.106. The predicted octanol–water partition coefficient (Wildman–Crippen LogP) is 1.28. The zero-order valence-electron chi connectivity index (χ0n) is 13.0. The lowest BCUT2D eigenvalue weighted by Crippen LogP contribution is -2.36. The second-order valence-electron chi connectivity index (χ2n) is 5.19. The van der Waals surface area contributed by atoms with Gasteiger partial charge in [0, 0.05) is 30.5 Å². The fourth-order valence-electron chi connectivity index (χ4n) is 1.83. The Labute approximate surface area is 140 Å². The van der Waals surface area contributed by atoms with Crippen LogP contribution in [0.15, 0.2) is 28.7 Å². The van der Waals surface area contributed by atoms with Crippen molar-refractivity contribution in [2.45, 2.75) is 6.42 Å². The molecule has 1 N–H and O–H groups in total. The first-order valence-corrected chi connectivity index (χ1v) is 9.49. The molecule has 124 valence electrons. The molecule has 0 saturated heterocycles. The summed E-state index contributed by atoms with van der Waals surface area (Å²) in [7, 11) is 0.387. The van der Waals surface area contributed by atoms with E-state index in [1.807, 2.05) is 25.1 Å². The molecule has 1 aromatic carbocycles. The van der Waals surface area contributed by atoms with E-state index in [0.717, 1.165) is 12.8 Å². The van der Waals surface area contributed by atoms with E-state index in [0.29, 0.717) is 16.7 Å². The second-order valence-corrected chi connectivity index (χ2v) is 7.95. The maximum atomic E-state index is 12.0. The molecule has 0 spiro atoms. The van der Waals surface area contributed by atoms with Crippen LogP contribution in [-0.2, 0) is 14.8 Å². The van der Waals surface area contributed by atoms with Crippen LogP contribution in [0, 0.1) is 0 Å². The van der Waals surface area contributed by atoms with E-state index in [-0.39, 0.29) is 18.9 Å². The van der Waals surface area contributed by atoms with Crippen LogP contribution in [0.5, 0.6) is 0 Å². The van der Waals surface area contributed by atoms with Gasteiger partial charge in [-0.25, -0.2) is 8.42 Å². The van der Waals surface area contributed by atoms with Crippen molar-refractivity contribution < 1.29 is 13.2 Å². The smallest absolute Gasteiger partial charge is 0.232 e. The fraction of sp³-hybridized carbons (Fsp3) is 0.500. The van der Waals surface area contributed by atoms with Crippen molar-refractivity contribution in [1.29, 1.82) is 0 Å². The highest BCUT2D eigenvalue weighted by Gasteiger charge is 2.20. The Morgan fingerprint density at radius 2 is 1.86 bits per heavy atom. The molecule has 0 radical (unpaired) electrons. The topological polar surface area (TPSA) is 69.7 Å². The third-order valence-corrected chi connectivity index (χ3v) is 4.80. The molecular formula is C14H22BrN3O3S. The largest absolute Gasteiger partial charge is 0.355 e. The maximum absolute atomic E-state index is 12.0. The molecule has 0 aliphatic rings. The van der Waals surface area contributed by atoms with Crippen molar-refractivity contribution in [1.82, 2.24) is 10.2 Å². The average Bonchev–Trinajstić information content (AvgIpc) is 2.39. The number of para-hydroxylation sites is 1. The molecule has 0 heterocycles. The molecule has 8 heteroatoms. The highest BCUT2D eigenvalue weighted by atomic mass is 79.9. The Bertz CT molecular complexity index is 605. The van der Waals surface area contributed by atoms with E-state index in [1.54, 1.807) is 18.2 Å². The van der Waals surface area contributed by atoms with Gasteiger partial charge in [0.05, 0.1) is 11.9 Å². The Balaban J connectivity index is 2.69. The standard InChI is InChI=1S/C14H22BrN3O3S/c1-17(2)11-9-16-14(19)8-10-18(22(3,20)21)13-7-5-4-6-12(13)15/h4-7H,8-11H2,1-3H3,(H,16,19). The lowest BCUT2D eigenvalue weighted by atomic mass is 10.3. The number of nitrogens with zero attached hydrogens (tertiary/aromatic N) is 2. The van der Waals surface area contributed by atoms with Crippen LogP contribution in [0.4, 0.5) is 5.69 Å². The SMILES string of the molecule is CN(C)CCNC(=O)CCN(c1ccccc1Br)S(C)(=O)=O. The lowest BCUT2D eigenvalue weighted by Gasteiger charge is -2.23. The van der Waals surface area contributed by atoms with Crippen molar-refractivity contribution in [2.24, 2.45) is 0 Å². The molecule has 0 fully saturated rings. The van der Waals surface area contributed by atoms with Crippen molar-refractivity contribution >= 4 is 37.5 Å². The minimum atomic E-state index is -3.45. The number of benzene rings is 1. The molecule has 22 heavy (non-hydrogen) atoms. The average molecular weight is 392 g/mol. The van der Waals surface area contributed by atoms with Crippen molar-refractivity contribution in [3.05, 3.63) is 28.7 Å².